The highest BCUT2D eigenvalue weighted by Gasteiger charge is 2.34. The smallest absolute Gasteiger partial charge is 0.127 e. The second-order valence-corrected chi connectivity index (χ2v) is 4.80. The molecule has 1 unspecified atom stereocenters. The van der Waals surface area contributed by atoms with Gasteiger partial charge in [-0.05, 0) is 38.1 Å². The van der Waals surface area contributed by atoms with Crippen molar-refractivity contribution in [3.63, 3.8) is 0 Å². The van der Waals surface area contributed by atoms with Crippen LogP contribution in [0.4, 0.5) is 4.39 Å². The Hall–Kier alpha value is -1.09. The summed E-state index contributed by atoms with van der Waals surface area (Å²) in [6.45, 7) is 1.42. The Labute approximate surface area is 95.7 Å². The van der Waals surface area contributed by atoms with Gasteiger partial charge in [0.15, 0.2) is 0 Å². The number of likely N-dealkylation sites (tertiary alicyclic amines) is 1. The number of phenols is 1. The summed E-state index contributed by atoms with van der Waals surface area (Å²) in [6, 6.07) is 7.01. The molecule has 88 valence electrons. The molecule has 2 nitrogen and oxygen atoms in total. The lowest BCUT2D eigenvalue weighted by molar-refractivity contribution is 0.0585. The molecule has 1 aromatic rings. The number of piperidine rings is 1. The Morgan fingerprint density at radius 1 is 1.44 bits per heavy atom. The Balaban J connectivity index is 2.11. The van der Waals surface area contributed by atoms with E-state index in [1.165, 1.54) is 0 Å². The van der Waals surface area contributed by atoms with E-state index < -0.39 is 5.67 Å². The number of hydrogen-bond donors (Lipinski definition) is 1. The molecule has 3 heteroatoms. The summed E-state index contributed by atoms with van der Waals surface area (Å²) < 4.78 is 14.5. The van der Waals surface area contributed by atoms with E-state index >= 15 is 0 Å². The topological polar surface area (TPSA) is 23.5 Å². The summed E-state index contributed by atoms with van der Waals surface area (Å²) in [5.41, 5.74) is -0.480. The van der Waals surface area contributed by atoms with Gasteiger partial charge >= 0.3 is 0 Å². The number of phenolic OH excluding ortho intramolecular Hbond substituents is 1. The number of hydrogen-bond acceptors (Lipinski definition) is 2. The third kappa shape index (κ3) is 2.53. The predicted octanol–water partition coefficient (Wildman–Crippen LogP) is 2.37. The average molecular weight is 223 g/mol. The SMILES string of the molecule is CN1CCCC(F)(Cc2ccccc2O)C1. The van der Waals surface area contributed by atoms with Crippen molar-refractivity contribution < 1.29 is 9.50 Å². The summed E-state index contributed by atoms with van der Waals surface area (Å²) in [7, 11) is 1.94. The first kappa shape index (κ1) is 11.4. The molecule has 1 aliphatic heterocycles. The summed E-state index contributed by atoms with van der Waals surface area (Å²) in [4.78, 5) is 2.02. The highest BCUT2D eigenvalue weighted by molar-refractivity contribution is 5.33. The van der Waals surface area contributed by atoms with Crippen LogP contribution >= 0.6 is 0 Å². The van der Waals surface area contributed by atoms with Gasteiger partial charge in [-0.2, -0.15) is 0 Å². The molecule has 1 aliphatic rings. The zero-order valence-corrected chi connectivity index (χ0v) is 9.62. The van der Waals surface area contributed by atoms with Gasteiger partial charge in [-0.3, -0.25) is 0 Å². The van der Waals surface area contributed by atoms with E-state index in [4.69, 9.17) is 0 Å². The fourth-order valence-corrected chi connectivity index (χ4v) is 2.45. The number of aromatic hydroxyl groups is 1. The molecule has 16 heavy (non-hydrogen) atoms. The lowest BCUT2D eigenvalue weighted by Gasteiger charge is -2.35. The first-order valence-electron chi connectivity index (χ1n) is 5.73. The minimum absolute atomic E-state index is 0.202. The van der Waals surface area contributed by atoms with Crippen LogP contribution in [0.5, 0.6) is 5.75 Å². The summed E-state index contributed by atoms with van der Waals surface area (Å²) in [5.74, 6) is 0.202. The van der Waals surface area contributed by atoms with Gasteiger partial charge in [0.05, 0.1) is 0 Å². The van der Waals surface area contributed by atoms with Crippen molar-refractivity contribution in [2.45, 2.75) is 24.9 Å². The van der Waals surface area contributed by atoms with E-state index in [2.05, 4.69) is 0 Å². The van der Waals surface area contributed by atoms with Crippen LogP contribution in [0.2, 0.25) is 0 Å². The van der Waals surface area contributed by atoms with Gasteiger partial charge in [0, 0.05) is 13.0 Å². The zero-order valence-electron chi connectivity index (χ0n) is 9.62. The monoisotopic (exact) mass is 223 g/mol. The summed E-state index contributed by atoms with van der Waals surface area (Å²) >= 11 is 0. The third-order valence-electron chi connectivity index (χ3n) is 3.22. The van der Waals surface area contributed by atoms with Crippen LogP contribution in [0.3, 0.4) is 0 Å². The second kappa shape index (κ2) is 4.42. The average Bonchev–Trinajstić information content (AvgIpc) is 2.21. The van der Waals surface area contributed by atoms with E-state index in [0.717, 1.165) is 13.0 Å². The molecule has 0 radical (unpaired) electrons. The quantitative estimate of drug-likeness (QED) is 0.832. The van der Waals surface area contributed by atoms with Crippen LogP contribution in [0, 0.1) is 0 Å². The van der Waals surface area contributed by atoms with Crippen molar-refractivity contribution >= 4 is 0 Å². The van der Waals surface area contributed by atoms with Crippen molar-refractivity contribution in [3.05, 3.63) is 29.8 Å². The Bertz CT molecular complexity index is 369. The maximum absolute atomic E-state index is 14.5. The number of halogens is 1. The molecule has 1 saturated heterocycles. The molecular weight excluding hydrogens is 205 g/mol. The molecule has 0 bridgehead atoms. The van der Waals surface area contributed by atoms with Crippen molar-refractivity contribution in [1.29, 1.82) is 0 Å². The van der Waals surface area contributed by atoms with E-state index in [-0.39, 0.29) is 5.75 Å². The fourth-order valence-electron chi connectivity index (χ4n) is 2.45. The first-order valence-corrected chi connectivity index (χ1v) is 5.73. The van der Waals surface area contributed by atoms with Gasteiger partial charge in [0.1, 0.15) is 11.4 Å². The molecule has 0 spiro atoms. The normalized spacial score (nSPS) is 26.9. The molecule has 0 aromatic heterocycles. The molecule has 1 N–H and O–H groups in total. The van der Waals surface area contributed by atoms with Crippen LogP contribution in [0.1, 0.15) is 18.4 Å². The van der Waals surface area contributed by atoms with Crippen LogP contribution in [-0.2, 0) is 6.42 Å². The Morgan fingerprint density at radius 3 is 2.88 bits per heavy atom. The lowest BCUT2D eigenvalue weighted by Crippen LogP contribution is -2.44. The minimum Gasteiger partial charge on any atom is -0.508 e. The molecule has 0 aliphatic carbocycles. The first-order chi connectivity index (χ1) is 7.59. The predicted molar refractivity (Wildman–Crippen MR) is 62.4 cm³/mol. The van der Waals surface area contributed by atoms with Gasteiger partial charge in [-0.25, -0.2) is 4.39 Å². The highest BCUT2D eigenvalue weighted by atomic mass is 19.1. The van der Waals surface area contributed by atoms with E-state index in [0.29, 0.717) is 24.9 Å². The molecule has 0 amide bonds. The number of para-hydroxylation sites is 1. The van der Waals surface area contributed by atoms with E-state index in [1.54, 1.807) is 18.2 Å². The third-order valence-corrected chi connectivity index (χ3v) is 3.22. The van der Waals surface area contributed by atoms with Crippen molar-refractivity contribution in [3.8, 4) is 5.75 Å². The molecule has 1 aromatic carbocycles. The highest BCUT2D eigenvalue weighted by Crippen LogP contribution is 2.31. The van der Waals surface area contributed by atoms with Crippen molar-refractivity contribution in [1.82, 2.24) is 4.90 Å². The fraction of sp³-hybridized carbons (Fsp3) is 0.538. The minimum atomic E-state index is -1.19. The Morgan fingerprint density at radius 2 is 2.19 bits per heavy atom. The van der Waals surface area contributed by atoms with E-state index in [9.17, 15) is 9.50 Å². The van der Waals surface area contributed by atoms with Crippen LogP contribution in [0.15, 0.2) is 24.3 Å². The van der Waals surface area contributed by atoms with Gasteiger partial charge in [-0.1, -0.05) is 18.2 Å². The van der Waals surface area contributed by atoms with E-state index in [1.807, 2.05) is 18.0 Å². The van der Waals surface area contributed by atoms with Gasteiger partial charge in [0.2, 0.25) is 0 Å². The maximum Gasteiger partial charge on any atom is 0.127 e. The molecule has 2 rings (SSSR count). The van der Waals surface area contributed by atoms with Crippen LogP contribution in [0.25, 0.3) is 0 Å². The molecule has 0 saturated carbocycles. The van der Waals surface area contributed by atoms with Gasteiger partial charge in [0.25, 0.3) is 0 Å². The number of nitrogens with zero attached hydrogens (tertiary/aromatic N) is 1. The number of alkyl halides is 1. The summed E-state index contributed by atoms with van der Waals surface area (Å²) in [6.07, 6.45) is 1.79. The van der Waals surface area contributed by atoms with Crippen molar-refractivity contribution in [2.24, 2.45) is 0 Å². The molecule has 1 heterocycles. The summed E-state index contributed by atoms with van der Waals surface area (Å²) in [5, 5.41) is 9.64. The number of benzene rings is 1. The standard InChI is InChI=1S/C13H18FNO/c1-15-8-4-7-13(14,10-15)9-11-5-2-3-6-12(11)16/h2-3,5-6,16H,4,7-10H2,1H3. The zero-order chi connectivity index (χ0) is 11.6. The number of rotatable bonds is 2. The van der Waals surface area contributed by atoms with Gasteiger partial charge in [-0.15, -0.1) is 0 Å². The maximum atomic E-state index is 14.5. The molecular formula is C13H18FNO. The second-order valence-electron chi connectivity index (χ2n) is 4.80. The molecule has 1 atom stereocenters. The van der Waals surface area contributed by atoms with Gasteiger partial charge < -0.3 is 10.0 Å². The largest absolute Gasteiger partial charge is 0.508 e. The van der Waals surface area contributed by atoms with Crippen molar-refractivity contribution in [2.75, 3.05) is 20.1 Å². The van der Waals surface area contributed by atoms with Crippen LogP contribution in [-0.4, -0.2) is 35.8 Å². The Kier molecular flexibility index (Phi) is 3.15. The lowest BCUT2D eigenvalue weighted by atomic mass is 9.88. The molecule has 1 fully saturated rings. The van der Waals surface area contributed by atoms with Crippen LogP contribution < -0.4 is 0 Å².